The Morgan fingerprint density at radius 1 is 1.12 bits per heavy atom. The van der Waals surface area contributed by atoms with E-state index < -0.39 is 11.0 Å². The standard InChI is InChI=1S/C25H31N5O4/c1-4-6-7-10-17-29(25(32)26-18-13-15-19(16-14-18)30(33)34)22(5-2)23-27-21-12-9-8-11-20(21)24(31)28(23)3/h8-9,11-16,22H,4-7,10,17H2,1-3H3,(H,26,32). The van der Waals surface area contributed by atoms with Gasteiger partial charge in [0.2, 0.25) is 0 Å². The highest BCUT2D eigenvalue weighted by Crippen LogP contribution is 2.25. The number of hydrogen-bond acceptors (Lipinski definition) is 5. The topological polar surface area (TPSA) is 110 Å². The number of unbranched alkanes of at least 4 members (excludes halogenated alkanes) is 3. The number of anilines is 1. The smallest absolute Gasteiger partial charge is 0.314 e. The summed E-state index contributed by atoms with van der Waals surface area (Å²) in [6.45, 7) is 4.59. The van der Waals surface area contributed by atoms with E-state index in [1.165, 1.54) is 28.8 Å². The summed E-state index contributed by atoms with van der Waals surface area (Å²) in [5.74, 6) is 0.528. The zero-order valence-electron chi connectivity index (χ0n) is 19.9. The van der Waals surface area contributed by atoms with Crippen LogP contribution in [0.4, 0.5) is 16.2 Å². The minimum atomic E-state index is -0.481. The number of urea groups is 1. The number of aromatic nitrogens is 2. The number of fused-ring (bicyclic) bond motifs is 1. The Morgan fingerprint density at radius 2 is 1.82 bits per heavy atom. The normalized spacial score (nSPS) is 11.9. The molecule has 1 heterocycles. The number of nitrogens with one attached hydrogen (secondary N) is 1. The average molecular weight is 466 g/mol. The summed E-state index contributed by atoms with van der Waals surface area (Å²) in [4.78, 5) is 43.3. The third kappa shape index (κ3) is 5.59. The van der Waals surface area contributed by atoms with Crippen molar-refractivity contribution in [3.63, 3.8) is 0 Å². The molecule has 2 aromatic carbocycles. The number of nitro benzene ring substituents is 1. The number of para-hydroxylation sites is 1. The molecular weight excluding hydrogens is 434 g/mol. The number of nitrogens with zero attached hydrogens (tertiary/aromatic N) is 4. The highest BCUT2D eigenvalue weighted by atomic mass is 16.6. The molecule has 3 aromatic rings. The molecule has 0 radical (unpaired) electrons. The highest BCUT2D eigenvalue weighted by Gasteiger charge is 2.27. The van der Waals surface area contributed by atoms with E-state index in [9.17, 15) is 19.7 Å². The first-order chi connectivity index (χ1) is 16.4. The number of carbonyl (C=O) groups excluding carboxylic acids is 1. The molecule has 2 amide bonds. The van der Waals surface area contributed by atoms with Gasteiger partial charge in [0.05, 0.1) is 21.9 Å². The molecule has 0 saturated carbocycles. The molecule has 0 bridgehead atoms. The average Bonchev–Trinajstić information content (AvgIpc) is 2.84. The molecule has 9 nitrogen and oxygen atoms in total. The van der Waals surface area contributed by atoms with Crippen LogP contribution in [0.15, 0.2) is 53.3 Å². The van der Waals surface area contributed by atoms with E-state index in [0.717, 1.165) is 25.7 Å². The van der Waals surface area contributed by atoms with Crippen molar-refractivity contribution in [3.05, 3.63) is 74.8 Å². The Hall–Kier alpha value is -3.75. The molecule has 3 rings (SSSR count). The number of hydrogen-bond donors (Lipinski definition) is 1. The van der Waals surface area contributed by atoms with E-state index in [2.05, 4.69) is 12.2 Å². The molecule has 9 heteroatoms. The van der Waals surface area contributed by atoms with Gasteiger partial charge in [0.25, 0.3) is 11.2 Å². The SMILES string of the molecule is CCCCCCN(C(=O)Nc1ccc([N+](=O)[O-])cc1)C(CC)c1nc2ccccc2c(=O)n1C. The van der Waals surface area contributed by atoms with E-state index in [4.69, 9.17) is 4.98 Å². The van der Waals surface area contributed by atoms with E-state index in [0.29, 0.717) is 35.4 Å². The van der Waals surface area contributed by atoms with Gasteiger partial charge in [-0.05, 0) is 37.1 Å². The van der Waals surface area contributed by atoms with Gasteiger partial charge in [-0.15, -0.1) is 0 Å². The molecule has 0 spiro atoms. The Labute approximate surface area is 198 Å². The minimum Gasteiger partial charge on any atom is -0.314 e. The zero-order chi connectivity index (χ0) is 24.7. The van der Waals surface area contributed by atoms with Crippen molar-refractivity contribution in [3.8, 4) is 0 Å². The zero-order valence-corrected chi connectivity index (χ0v) is 19.9. The number of nitro groups is 1. The van der Waals surface area contributed by atoms with Crippen LogP contribution in [0.25, 0.3) is 10.9 Å². The molecule has 34 heavy (non-hydrogen) atoms. The molecule has 0 aliphatic rings. The Morgan fingerprint density at radius 3 is 2.47 bits per heavy atom. The van der Waals surface area contributed by atoms with E-state index in [1.54, 1.807) is 30.1 Å². The third-order valence-electron chi connectivity index (χ3n) is 5.92. The fourth-order valence-corrected chi connectivity index (χ4v) is 4.05. The number of rotatable bonds is 10. The quantitative estimate of drug-likeness (QED) is 0.245. The minimum absolute atomic E-state index is 0.0452. The van der Waals surface area contributed by atoms with Gasteiger partial charge in [-0.3, -0.25) is 19.5 Å². The first kappa shape index (κ1) is 24.9. The lowest BCUT2D eigenvalue weighted by Gasteiger charge is -2.32. The van der Waals surface area contributed by atoms with Gasteiger partial charge in [0.15, 0.2) is 0 Å². The molecule has 1 aromatic heterocycles. The maximum atomic E-state index is 13.4. The van der Waals surface area contributed by atoms with Crippen LogP contribution in [0.1, 0.15) is 57.8 Å². The number of amides is 2. The summed E-state index contributed by atoms with van der Waals surface area (Å²) in [7, 11) is 1.68. The molecule has 1 atom stereocenters. The van der Waals surface area contributed by atoms with E-state index in [1.807, 2.05) is 13.0 Å². The van der Waals surface area contributed by atoms with Crippen LogP contribution in [0, 0.1) is 10.1 Å². The van der Waals surface area contributed by atoms with Crippen LogP contribution in [0.3, 0.4) is 0 Å². The second kappa shape index (κ2) is 11.4. The predicted octanol–water partition coefficient (Wildman–Crippen LogP) is 5.41. The molecule has 1 unspecified atom stereocenters. The van der Waals surface area contributed by atoms with Crippen LogP contribution < -0.4 is 10.9 Å². The van der Waals surface area contributed by atoms with Gasteiger partial charge in [0, 0.05) is 31.4 Å². The van der Waals surface area contributed by atoms with Crippen molar-refractivity contribution in [1.29, 1.82) is 0 Å². The Balaban J connectivity index is 1.95. The summed E-state index contributed by atoms with van der Waals surface area (Å²) in [6, 6.07) is 12.2. The van der Waals surface area contributed by atoms with Crippen molar-refractivity contribution in [1.82, 2.24) is 14.5 Å². The highest BCUT2D eigenvalue weighted by molar-refractivity contribution is 5.89. The predicted molar refractivity (Wildman–Crippen MR) is 133 cm³/mol. The number of benzene rings is 2. The van der Waals surface area contributed by atoms with Crippen molar-refractivity contribution < 1.29 is 9.72 Å². The molecule has 0 aliphatic carbocycles. The second-order valence-electron chi connectivity index (χ2n) is 8.26. The van der Waals surface area contributed by atoms with Crippen LogP contribution in [0.2, 0.25) is 0 Å². The van der Waals surface area contributed by atoms with Gasteiger partial charge in [-0.25, -0.2) is 9.78 Å². The molecule has 0 saturated heterocycles. The summed E-state index contributed by atoms with van der Waals surface area (Å²) in [5.41, 5.74) is 0.863. The third-order valence-corrected chi connectivity index (χ3v) is 5.92. The first-order valence-corrected chi connectivity index (χ1v) is 11.6. The van der Waals surface area contributed by atoms with Crippen molar-refractivity contribution >= 4 is 28.3 Å². The van der Waals surface area contributed by atoms with Crippen LogP contribution in [0.5, 0.6) is 0 Å². The molecular formula is C25H31N5O4. The molecule has 0 aliphatic heterocycles. The lowest BCUT2D eigenvalue weighted by atomic mass is 10.1. The van der Waals surface area contributed by atoms with Crippen LogP contribution in [-0.4, -0.2) is 32.0 Å². The Kier molecular flexibility index (Phi) is 8.34. The van der Waals surface area contributed by atoms with E-state index >= 15 is 0 Å². The van der Waals surface area contributed by atoms with Gasteiger partial charge >= 0.3 is 6.03 Å². The number of carbonyl (C=O) groups is 1. The lowest BCUT2D eigenvalue weighted by molar-refractivity contribution is -0.384. The fraction of sp³-hybridized carbons (Fsp3) is 0.400. The largest absolute Gasteiger partial charge is 0.322 e. The van der Waals surface area contributed by atoms with Gasteiger partial charge in [0.1, 0.15) is 5.82 Å². The van der Waals surface area contributed by atoms with Gasteiger partial charge in [-0.2, -0.15) is 0 Å². The van der Waals surface area contributed by atoms with Crippen molar-refractivity contribution in [2.75, 3.05) is 11.9 Å². The summed E-state index contributed by atoms with van der Waals surface area (Å²) in [6.07, 6.45) is 4.52. The lowest BCUT2D eigenvalue weighted by Crippen LogP contribution is -2.41. The number of non-ortho nitro benzene ring substituents is 1. The maximum absolute atomic E-state index is 13.4. The van der Waals surface area contributed by atoms with Crippen molar-refractivity contribution in [2.45, 2.75) is 52.0 Å². The molecule has 0 fully saturated rings. The maximum Gasteiger partial charge on any atom is 0.322 e. The van der Waals surface area contributed by atoms with E-state index in [-0.39, 0.29) is 17.3 Å². The first-order valence-electron chi connectivity index (χ1n) is 11.6. The molecule has 180 valence electrons. The molecule has 1 N–H and O–H groups in total. The van der Waals surface area contributed by atoms with Crippen LogP contribution >= 0.6 is 0 Å². The van der Waals surface area contributed by atoms with Gasteiger partial charge in [-0.1, -0.05) is 45.2 Å². The summed E-state index contributed by atoms with van der Waals surface area (Å²) >= 11 is 0. The summed E-state index contributed by atoms with van der Waals surface area (Å²) < 4.78 is 1.52. The van der Waals surface area contributed by atoms with Crippen molar-refractivity contribution in [2.24, 2.45) is 7.05 Å². The fourth-order valence-electron chi connectivity index (χ4n) is 4.05. The summed E-state index contributed by atoms with van der Waals surface area (Å²) in [5, 5.41) is 14.3. The Bertz CT molecular complexity index is 1210. The monoisotopic (exact) mass is 465 g/mol. The second-order valence-corrected chi connectivity index (χ2v) is 8.26. The van der Waals surface area contributed by atoms with Gasteiger partial charge < -0.3 is 10.2 Å². The van der Waals surface area contributed by atoms with Crippen LogP contribution in [-0.2, 0) is 7.05 Å².